The average molecular weight is 267 g/mol. The molecule has 0 bridgehead atoms. The van der Waals surface area contributed by atoms with Crippen LogP contribution in [0.2, 0.25) is 0 Å². The maximum absolute atomic E-state index is 13.0. The van der Waals surface area contributed by atoms with Gasteiger partial charge in [0.2, 0.25) is 0 Å². The van der Waals surface area contributed by atoms with Crippen LogP contribution in [0.25, 0.3) is 0 Å². The molecule has 2 N–H and O–H groups in total. The molecule has 0 fully saturated rings. The molecule has 4 nitrogen and oxygen atoms in total. The van der Waals surface area contributed by atoms with Crippen LogP contribution < -0.4 is 5.32 Å². The molecule has 0 amide bonds. The number of rotatable bonds is 5. The van der Waals surface area contributed by atoms with E-state index in [9.17, 15) is 13.9 Å². The lowest BCUT2D eigenvalue weighted by atomic mass is 10.1. The summed E-state index contributed by atoms with van der Waals surface area (Å²) in [7, 11) is 1.87. The number of aliphatic hydroxyl groups excluding tert-OH is 1. The molecule has 6 heteroatoms. The minimum atomic E-state index is -0.958. The monoisotopic (exact) mass is 267 g/mol. The molecule has 0 aliphatic heterocycles. The Labute approximate surface area is 109 Å². The number of aliphatic hydroxyl groups is 1. The van der Waals surface area contributed by atoms with Crippen molar-refractivity contribution in [1.29, 1.82) is 0 Å². The van der Waals surface area contributed by atoms with Crippen molar-refractivity contribution in [3.8, 4) is 0 Å². The Morgan fingerprint density at radius 3 is 2.79 bits per heavy atom. The molecule has 0 aliphatic carbocycles. The summed E-state index contributed by atoms with van der Waals surface area (Å²) in [4.78, 5) is 4.12. The Bertz CT molecular complexity index is 557. The fourth-order valence-electron chi connectivity index (χ4n) is 1.73. The van der Waals surface area contributed by atoms with E-state index in [1.807, 2.05) is 17.8 Å². The molecule has 102 valence electrons. The number of hydrogen-bond acceptors (Lipinski definition) is 3. The van der Waals surface area contributed by atoms with Gasteiger partial charge in [0.15, 0.2) is 11.6 Å². The van der Waals surface area contributed by atoms with E-state index in [0.717, 1.165) is 18.0 Å². The molecule has 0 saturated heterocycles. The number of benzene rings is 1. The fraction of sp³-hybridized carbons (Fsp3) is 0.308. The van der Waals surface area contributed by atoms with Gasteiger partial charge in [0, 0.05) is 26.0 Å². The Balaban J connectivity index is 1.89. The summed E-state index contributed by atoms with van der Waals surface area (Å²) in [6.07, 6.45) is 2.61. The van der Waals surface area contributed by atoms with Gasteiger partial charge in [0.05, 0.1) is 12.6 Å². The highest BCUT2D eigenvalue weighted by Crippen LogP contribution is 2.15. The predicted octanol–water partition coefficient (Wildman–Crippen LogP) is 1.52. The minimum absolute atomic E-state index is 0.234. The number of nitrogens with zero attached hydrogens (tertiary/aromatic N) is 2. The Hall–Kier alpha value is -1.79. The zero-order chi connectivity index (χ0) is 13.8. The first-order chi connectivity index (χ1) is 9.08. The summed E-state index contributed by atoms with van der Waals surface area (Å²) in [5.41, 5.74) is 0.339. The van der Waals surface area contributed by atoms with E-state index in [1.54, 1.807) is 6.20 Å². The normalized spacial score (nSPS) is 12.6. The lowest BCUT2D eigenvalue weighted by Crippen LogP contribution is -2.22. The Morgan fingerprint density at radius 2 is 2.16 bits per heavy atom. The molecule has 1 unspecified atom stereocenters. The molecule has 0 spiro atoms. The first-order valence-electron chi connectivity index (χ1n) is 5.88. The van der Waals surface area contributed by atoms with E-state index in [4.69, 9.17) is 0 Å². The highest BCUT2D eigenvalue weighted by molar-refractivity contribution is 5.20. The van der Waals surface area contributed by atoms with Crippen molar-refractivity contribution in [3.63, 3.8) is 0 Å². The van der Waals surface area contributed by atoms with Gasteiger partial charge in [-0.05, 0) is 17.7 Å². The topological polar surface area (TPSA) is 50.1 Å². The molecule has 1 aromatic heterocycles. The Kier molecular flexibility index (Phi) is 4.24. The highest BCUT2D eigenvalue weighted by Gasteiger charge is 2.10. The van der Waals surface area contributed by atoms with Crippen LogP contribution in [0.15, 0.2) is 30.6 Å². The van der Waals surface area contributed by atoms with Gasteiger partial charge in [0.25, 0.3) is 0 Å². The summed E-state index contributed by atoms with van der Waals surface area (Å²) in [5, 5.41) is 12.9. The zero-order valence-electron chi connectivity index (χ0n) is 10.5. The van der Waals surface area contributed by atoms with Gasteiger partial charge in [-0.3, -0.25) is 0 Å². The van der Waals surface area contributed by atoms with Crippen LogP contribution in [-0.4, -0.2) is 21.2 Å². The summed E-state index contributed by atoms with van der Waals surface area (Å²) in [6, 6.07) is 3.38. The van der Waals surface area contributed by atoms with Crippen LogP contribution in [0.1, 0.15) is 17.5 Å². The number of aromatic nitrogens is 2. The lowest BCUT2D eigenvalue weighted by molar-refractivity contribution is 0.173. The smallest absolute Gasteiger partial charge is 0.159 e. The molecular weight excluding hydrogens is 252 g/mol. The number of aryl methyl sites for hydroxylation is 1. The maximum Gasteiger partial charge on any atom is 0.159 e. The van der Waals surface area contributed by atoms with Crippen LogP contribution in [0.5, 0.6) is 0 Å². The SMILES string of the molecule is Cn1ccnc1CNCC(O)c1ccc(F)c(F)c1. The van der Waals surface area contributed by atoms with Crippen molar-refractivity contribution in [3.05, 3.63) is 53.6 Å². The highest BCUT2D eigenvalue weighted by atomic mass is 19.2. The van der Waals surface area contributed by atoms with Crippen LogP contribution in [0, 0.1) is 11.6 Å². The largest absolute Gasteiger partial charge is 0.387 e. The van der Waals surface area contributed by atoms with Gasteiger partial charge >= 0.3 is 0 Å². The van der Waals surface area contributed by atoms with Crippen LogP contribution in [0.4, 0.5) is 8.78 Å². The number of halogens is 2. The van der Waals surface area contributed by atoms with E-state index in [-0.39, 0.29) is 6.54 Å². The van der Waals surface area contributed by atoms with E-state index >= 15 is 0 Å². The molecule has 0 radical (unpaired) electrons. The minimum Gasteiger partial charge on any atom is -0.387 e. The van der Waals surface area contributed by atoms with Crippen LogP contribution in [-0.2, 0) is 13.6 Å². The summed E-state index contributed by atoms with van der Waals surface area (Å²) >= 11 is 0. The standard InChI is InChI=1S/C13H15F2N3O/c1-18-5-4-17-13(18)8-16-7-12(19)9-2-3-10(14)11(15)6-9/h2-6,12,16,19H,7-8H2,1H3. The Morgan fingerprint density at radius 1 is 1.37 bits per heavy atom. The van der Waals surface area contributed by atoms with E-state index in [1.165, 1.54) is 6.07 Å². The van der Waals surface area contributed by atoms with Crippen molar-refractivity contribution in [2.24, 2.45) is 7.05 Å². The van der Waals surface area contributed by atoms with Gasteiger partial charge in [-0.1, -0.05) is 6.07 Å². The van der Waals surface area contributed by atoms with E-state index < -0.39 is 17.7 Å². The van der Waals surface area contributed by atoms with Crippen molar-refractivity contribution in [2.45, 2.75) is 12.6 Å². The number of nitrogens with one attached hydrogen (secondary N) is 1. The van der Waals surface area contributed by atoms with Gasteiger partial charge in [0.1, 0.15) is 5.82 Å². The van der Waals surface area contributed by atoms with Gasteiger partial charge < -0.3 is 15.0 Å². The molecule has 0 saturated carbocycles. The molecule has 1 heterocycles. The van der Waals surface area contributed by atoms with E-state index in [2.05, 4.69) is 10.3 Å². The maximum atomic E-state index is 13.0. The van der Waals surface area contributed by atoms with Crippen LogP contribution >= 0.6 is 0 Å². The van der Waals surface area contributed by atoms with Crippen LogP contribution in [0.3, 0.4) is 0 Å². The van der Waals surface area contributed by atoms with Crippen molar-refractivity contribution < 1.29 is 13.9 Å². The number of hydrogen-bond donors (Lipinski definition) is 2. The third-order valence-electron chi connectivity index (χ3n) is 2.87. The van der Waals surface area contributed by atoms with E-state index in [0.29, 0.717) is 12.1 Å². The third kappa shape index (κ3) is 3.36. The summed E-state index contributed by atoms with van der Waals surface area (Å²) < 4.78 is 27.6. The van der Waals surface area contributed by atoms with Gasteiger partial charge in [-0.2, -0.15) is 0 Å². The second kappa shape index (κ2) is 5.90. The molecule has 1 atom stereocenters. The third-order valence-corrected chi connectivity index (χ3v) is 2.87. The molecule has 1 aromatic carbocycles. The second-order valence-electron chi connectivity index (χ2n) is 4.27. The molecule has 2 aromatic rings. The molecule has 2 rings (SSSR count). The second-order valence-corrected chi connectivity index (χ2v) is 4.27. The predicted molar refractivity (Wildman–Crippen MR) is 66.2 cm³/mol. The molecular formula is C13H15F2N3O. The fourth-order valence-corrected chi connectivity index (χ4v) is 1.73. The van der Waals surface area contributed by atoms with Crippen molar-refractivity contribution in [1.82, 2.24) is 14.9 Å². The first-order valence-corrected chi connectivity index (χ1v) is 5.88. The average Bonchev–Trinajstić information content (AvgIpc) is 2.78. The summed E-state index contributed by atoms with van der Waals surface area (Å²) in [5.74, 6) is -1.05. The lowest BCUT2D eigenvalue weighted by Gasteiger charge is -2.12. The van der Waals surface area contributed by atoms with Gasteiger partial charge in [-0.25, -0.2) is 13.8 Å². The van der Waals surface area contributed by atoms with Crippen molar-refractivity contribution >= 4 is 0 Å². The zero-order valence-corrected chi connectivity index (χ0v) is 10.5. The summed E-state index contributed by atoms with van der Waals surface area (Å²) in [6.45, 7) is 0.724. The van der Waals surface area contributed by atoms with Crippen molar-refractivity contribution in [2.75, 3.05) is 6.54 Å². The quantitative estimate of drug-likeness (QED) is 0.863. The number of imidazole rings is 1. The van der Waals surface area contributed by atoms with Gasteiger partial charge in [-0.15, -0.1) is 0 Å². The first kappa shape index (κ1) is 13.6. The molecule has 19 heavy (non-hydrogen) atoms. The molecule has 0 aliphatic rings.